The molecule has 5 nitrogen and oxygen atoms in total. The minimum Gasteiger partial charge on any atom is -0.369 e. The molecule has 1 heterocycles. The van der Waals surface area contributed by atoms with Gasteiger partial charge in [0.25, 0.3) is 0 Å². The van der Waals surface area contributed by atoms with E-state index < -0.39 is 0 Å². The van der Waals surface area contributed by atoms with Gasteiger partial charge >= 0.3 is 0 Å². The molecule has 0 bridgehead atoms. The molecule has 1 aromatic carbocycles. The average Bonchev–Trinajstić information content (AvgIpc) is 2.46. The number of hydrogen-bond donors (Lipinski definition) is 2. The Balaban J connectivity index is 2.07. The van der Waals surface area contributed by atoms with Crippen LogP contribution in [0, 0.1) is 11.3 Å². The summed E-state index contributed by atoms with van der Waals surface area (Å²) in [5, 5.41) is 15.1. The van der Waals surface area contributed by atoms with Crippen LogP contribution in [0.2, 0.25) is 0 Å². The number of aromatic nitrogens is 2. The van der Waals surface area contributed by atoms with Crippen LogP contribution in [0.3, 0.4) is 0 Å². The second-order valence-electron chi connectivity index (χ2n) is 4.03. The summed E-state index contributed by atoms with van der Waals surface area (Å²) in [6.45, 7) is 2.97. The Kier molecular flexibility index (Phi) is 4.29. The zero-order chi connectivity index (χ0) is 13.5. The lowest BCUT2D eigenvalue weighted by Gasteiger charge is -2.08. The van der Waals surface area contributed by atoms with Gasteiger partial charge in [0.2, 0.25) is 0 Å². The molecule has 0 unspecified atom stereocenters. The van der Waals surface area contributed by atoms with Crippen molar-refractivity contribution in [2.75, 3.05) is 17.2 Å². The molecule has 2 N–H and O–H groups in total. The van der Waals surface area contributed by atoms with E-state index in [0.29, 0.717) is 11.4 Å². The standard InChI is InChI=1S/C14H15N5/c1-2-7-17-13-9-16-10-14(19-13)18-12-5-3-11(8-15)4-6-12/h3-6,9-10H,2,7H2,1H3,(H2,17,18,19). The Bertz CT molecular complexity index is 571. The van der Waals surface area contributed by atoms with Crippen molar-refractivity contribution in [2.24, 2.45) is 0 Å². The Morgan fingerprint density at radius 2 is 1.89 bits per heavy atom. The summed E-state index contributed by atoms with van der Waals surface area (Å²) < 4.78 is 0. The fourth-order valence-electron chi connectivity index (χ4n) is 1.54. The molecular weight excluding hydrogens is 238 g/mol. The summed E-state index contributed by atoms with van der Waals surface area (Å²) in [6.07, 6.45) is 4.39. The zero-order valence-electron chi connectivity index (χ0n) is 10.7. The summed E-state index contributed by atoms with van der Waals surface area (Å²) in [5.74, 6) is 1.42. The first-order chi connectivity index (χ1) is 9.31. The van der Waals surface area contributed by atoms with E-state index in [1.54, 1.807) is 24.5 Å². The van der Waals surface area contributed by atoms with Gasteiger partial charge in [-0.2, -0.15) is 5.26 Å². The Hall–Kier alpha value is -2.61. The van der Waals surface area contributed by atoms with Crippen LogP contribution < -0.4 is 10.6 Å². The molecule has 0 amide bonds. The molecule has 2 rings (SSSR count). The van der Waals surface area contributed by atoms with E-state index in [2.05, 4.69) is 33.6 Å². The minimum atomic E-state index is 0.634. The summed E-state index contributed by atoms with van der Waals surface area (Å²) in [4.78, 5) is 8.53. The maximum atomic E-state index is 8.74. The first-order valence-corrected chi connectivity index (χ1v) is 6.15. The van der Waals surface area contributed by atoms with Crippen molar-refractivity contribution in [3.05, 3.63) is 42.2 Å². The van der Waals surface area contributed by atoms with Gasteiger partial charge in [0.05, 0.1) is 24.0 Å². The van der Waals surface area contributed by atoms with Crippen LogP contribution in [0.15, 0.2) is 36.7 Å². The molecule has 96 valence electrons. The van der Waals surface area contributed by atoms with Gasteiger partial charge in [-0.3, -0.25) is 4.98 Å². The molecule has 0 fully saturated rings. The summed E-state index contributed by atoms with van der Waals surface area (Å²) >= 11 is 0. The topological polar surface area (TPSA) is 73.6 Å². The molecule has 0 aliphatic rings. The maximum Gasteiger partial charge on any atom is 0.151 e. The smallest absolute Gasteiger partial charge is 0.151 e. The fourth-order valence-corrected chi connectivity index (χ4v) is 1.54. The van der Waals surface area contributed by atoms with Crippen LogP contribution in [-0.2, 0) is 0 Å². The largest absolute Gasteiger partial charge is 0.369 e. The molecule has 0 aliphatic carbocycles. The van der Waals surface area contributed by atoms with Crippen molar-refractivity contribution in [2.45, 2.75) is 13.3 Å². The molecule has 0 atom stereocenters. The van der Waals surface area contributed by atoms with Crippen molar-refractivity contribution >= 4 is 17.3 Å². The van der Waals surface area contributed by atoms with Gasteiger partial charge in [-0.1, -0.05) is 6.92 Å². The molecule has 0 saturated heterocycles. The van der Waals surface area contributed by atoms with Crippen molar-refractivity contribution in [3.8, 4) is 6.07 Å². The molecule has 0 spiro atoms. The second-order valence-corrected chi connectivity index (χ2v) is 4.03. The quantitative estimate of drug-likeness (QED) is 0.857. The second kappa shape index (κ2) is 6.36. The highest BCUT2D eigenvalue weighted by atomic mass is 15.1. The van der Waals surface area contributed by atoms with Crippen molar-refractivity contribution in [1.82, 2.24) is 9.97 Å². The van der Waals surface area contributed by atoms with Crippen LogP contribution in [0.4, 0.5) is 17.3 Å². The Morgan fingerprint density at radius 3 is 2.58 bits per heavy atom. The normalized spacial score (nSPS) is 9.68. The summed E-state index contributed by atoms with van der Waals surface area (Å²) in [6, 6.07) is 9.28. The van der Waals surface area contributed by atoms with E-state index in [9.17, 15) is 0 Å². The number of nitrogens with one attached hydrogen (secondary N) is 2. The SMILES string of the molecule is CCCNc1cncc(Nc2ccc(C#N)cc2)n1. The van der Waals surface area contributed by atoms with E-state index in [0.717, 1.165) is 24.5 Å². The molecule has 1 aromatic heterocycles. The number of benzene rings is 1. The lowest BCUT2D eigenvalue weighted by molar-refractivity contribution is 0.965. The molecule has 5 heteroatoms. The van der Waals surface area contributed by atoms with Gasteiger partial charge in [0.1, 0.15) is 5.82 Å². The van der Waals surface area contributed by atoms with Crippen molar-refractivity contribution in [1.29, 1.82) is 5.26 Å². The highest BCUT2D eigenvalue weighted by Crippen LogP contribution is 2.15. The van der Waals surface area contributed by atoms with Crippen molar-refractivity contribution < 1.29 is 0 Å². The van der Waals surface area contributed by atoms with E-state index in [-0.39, 0.29) is 0 Å². The van der Waals surface area contributed by atoms with Crippen LogP contribution in [0.1, 0.15) is 18.9 Å². The third-order valence-electron chi connectivity index (χ3n) is 2.48. The van der Waals surface area contributed by atoms with Gasteiger partial charge in [0.15, 0.2) is 5.82 Å². The highest BCUT2D eigenvalue weighted by molar-refractivity contribution is 5.57. The van der Waals surface area contributed by atoms with E-state index in [1.807, 2.05) is 12.1 Å². The molecular formula is C14H15N5. The third kappa shape index (κ3) is 3.68. The van der Waals surface area contributed by atoms with E-state index >= 15 is 0 Å². The summed E-state index contributed by atoms with van der Waals surface area (Å²) in [7, 11) is 0. The fraction of sp³-hybridized carbons (Fsp3) is 0.214. The van der Waals surface area contributed by atoms with Crippen LogP contribution >= 0.6 is 0 Å². The number of nitrogens with zero attached hydrogens (tertiary/aromatic N) is 3. The third-order valence-corrected chi connectivity index (χ3v) is 2.48. The predicted molar refractivity (Wildman–Crippen MR) is 75.3 cm³/mol. The van der Waals surface area contributed by atoms with Crippen LogP contribution in [0.25, 0.3) is 0 Å². The van der Waals surface area contributed by atoms with Gasteiger partial charge in [0, 0.05) is 12.2 Å². The number of anilines is 3. The van der Waals surface area contributed by atoms with E-state index in [4.69, 9.17) is 5.26 Å². The first-order valence-electron chi connectivity index (χ1n) is 6.15. The average molecular weight is 253 g/mol. The highest BCUT2D eigenvalue weighted by Gasteiger charge is 1.99. The lowest BCUT2D eigenvalue weighted by atomic mass is 10.2. The number of hydrogen-bond acceptors (Lipinski definition) is 5. The zero-order valence-corrected chi connectivity index (χ0v) is 10.7. The molecule has 0 aliphatic heterocycles. The van der Waals surface area contributed by atoms with Gasteiger partial charge in [-0.25, -0.2) is 4.98 Å². The minimum absolute atomic E-state index is 0.634. The predicted octanol–water partition coefficient (Wildman–Crippen LogP) is 2.91. The van der Waals surface area contributed by atoms with Gasteiger partial charge < -0.3 is 10.6 Å². The summed E-state index contributed by atoms with van der Waals surface area (Å²) in [5.41, 5.74) is 1.51. The lowest BCUT2D eigenvalue weighted by Crippen LogP contribution is -2.04. The molecule has 0 saturated carbocycles. The Labute approximate surface area is 112 Å². The monoisotopic (exact) mass is 253 g/mol. The number of nitriles is 1. The Morgan fingerprint density at radius 1 is 1.16 bits per heavy atom. The van der Waals surface area contributed by atoms with E-state index in [1.165, 1.54) is 0 Å². The first kappa shape index (κ1) is 12.8. The van der Waals surface area contributed by atoms with Gasteiger partial charge in [-0.15, -0.1) is 0 Å². The van der Waals surface area contributed by atoms with Gasteiger partial charge in [-0.05, 0) is 30.7 Å². The van der Waals surface area contributed by atoms with Crippen LogP contribution in [-0.4, -0.2) is 16.5 Å². The molecule has 2 aromatic rings. The van der Waals surface area contributed by atoms with Crippen molar-refractivity contribution in [3.63, 3.8) is 0 Å². The maximum absolute atomic E-state index is 8.74. The molecule has 0 radical (unpaired) electrons. The number of rotatable bonds is 5. The van der Waals surface area contributed by atoms with Crippen LogP contribution in [0.5, 0.6) is 0 Å². The molecule has 19 heavy (non-hydrogen) atoms.